The summed E-state index contributed by atoms with van der Waals surface area (Å²) < 4.78 is 1.87. The number of rotatable bonds is 10. The number of aromatic nitrogens is 3. The van der Waals surface area contributed by atoms with Crippen LogP contribution in [0, 0.1) is 13.8 Å². The van der Waals surface area contributed by atoms with Gasteiger partial charge in [0.1, 0.15) is 0 Å². The van der Waals surface area contributed by atoms with Crippen LogP contribution in [-0.2, 0) is 17.8 Å². The van der Waals surface area contributed by atoms with Crippen molar-refractivity contribution >= 4 is 29.3 Å². The Morgan fingerprint density at radius 3 is 2.56 bits per heavy atom. The summed E-state index contributed by atoms with van der Waals surface area (Å²) in [5.74, 6) is 0.523. The molecule has 0 bridgehead atoms. The van der Waals surface area contributed by atoms with Gasteiger partial charge in [0.05, 0.1) is 11.8 Å². The molecule has 8 heteroatoms. The van der Waals surface area contributed by atoms with Crippen molar-refractivity contribution in [2.24, 2.45) is 0 Å². The summed E-state index contributed by atoms with van der Waals surface area (Å²) in [6, 6.07) is 13.1. The van der Waals surface area contributed by atoms with Crippen molar-refractivity contribution < 1.29 is 9.59 Å². The normalized spacial score (nSPS) is 11.6. The summed E-state index contributed by atoms with van der Waals surface area (Å²) in [5, 5.41) is 15.2. The Balaban J connectivity index is 1.70. The van der Waals surface area contributed by atoms with E-state index in [4.69, 9.17) is 0 Å². The number of aryl methyl sites for hydroxylation is 3. The minimum atomic E-state index is -0.373. The maximum atomic E-state index is 12.7. The van der Waals surface area contributed by atoms with Crippen molar-refractivity contribution in [2.45, 2.75) is 51.9 Å². The number of amides is 2. The Morgan fingerprint density at radius 2 is 1.85 bits per heavy atom. The molecule has 7 nitrogen and oxygen atoms in total. The minimum Gasteiger partial charge on any atom is -0.342 e. The lowest BCUT2D eigenvalue weighted by atomic mass is 10.1. The molecule has 2 aromatic carbocycles. The number of hydrogen-bond acceptors (Lipinski definition) is 5. The molecule has 3 aromatic rings. The van der Waals surface area contributed by atoms with Crippen LogP contribution in [0.25, 0.3) is 0 Å². The van der Waals surface area contributed by atoms with E-state index in [2.05, 4.69) is 34.3 Å². The number of carbonyl (C=O) groups is 2. The van der Waals surface area contributed by atoms with Gasteiger partial charge in [0.15, 0.2) is 11.0 Å². The lowest BCUT2D eigenvalue weighted by Crippen LogP contribution is -2.29. The molecular weight excluding hydrogens is 446 g/mol. The van der Waals surface area contributed by atoms with Crippen LogP contribution in [0.2, 0.25) is 0 Å². The first-order chi connectivity index (χ1) is 16.3. The molecule has 0 fully saturated rings. The van der Waals surface area contributed by atoms with E-state index in [9.17, 15) is 9.59 Å². The van der Waals surface area contributed by atoms with Crippen molar-refractivity contribution in [3.05, 3.63) is 83.2 Å². The zero-order valence-electron chi connectivity index (χ0n) is 20.1. The molecule has 3 rings (SSSR count). The fourth-order valence-corrected chi connectivity index (χ4v) is 4.46. The Bertz CT molecular complexity index is 1190. The van der Waals surface area contributed by atoms with Crippen molar-refractivity contribution in [3.8, 4) is 0 Å². The first-order valence-electron chi connectivity index (χ1n) is 11.3. The first-order valence-corrected chi connectivity index (χ1v) is 12.3. The van der Waals surface area contributed by atoms with Gasteiger partial charge in [-0.2, -0.15) is 0 Å². The molecule has 1 atom stereocenters. The van der Waals surface area contributed by atoms with Crippen molar-refractivity contribution in [3.63, 3.8) is 0 Å². The summed E-state index contributed by atoms with van der Waals surface area (Å²) >= 11 is 1.31. The molecule has 0 saturated carbocycles. The molecule has 0 aliphatic heterocycles. The number of para-hydroxylation sites is 1. The van der Waals surface area contributed by atoms with Crippen molar-refractivity contribution in [2.75, 3.05) is 11.1 Å². The van der Waals surface area contributed by atoms with Crippen molar-refractivity contribution in [1.82, 2.24) is 20.1 Å². The number of allylic oxidation sites excluding steroid dienone is 1. The van der Waals surface area contributed by atoms with E-state index in [0.29, 0.717) is 23.1 Å². The van der Waals surface area contributed by atoms with Crippen LogP contribution in [0.5, 0.6) is 0 Å². The van der Waals surface area contributed by atoms with Gasteiger partial charge in [0.25, 0.3) is 5.91 Å². The number of nitrogens with one attached hydrogen (secondary N) is 2. The minimum absolute atomic E-state index is 0.107. The molecule has 1 aromatic heterocycles. The summed E-state index contributed by atoms with van der Waals surface area (Å²) in [4.78, 5) is 25.4. The summed E-state index contributed by atoms with van der Waals surface area (Å²) in [7, 11) is 0. The summed E-state index contributed by atoms with van der Waals surface area (Å²) in [6.07, 6.45) is 2.58. The van der Waals surface area contributed by atoms with Gasteiger partial charge in [-0.1, -0.05) is 61.2 Å². The summed E-state index contributed by atoms with van der Waals surface area (Å²) in [5.41, 5.74) is 4.54. The maximum Gasteiger partial charge on any atom is 0.252 e. The number of nitrogens with zero attached hydrogens (tertiary/aromatic N) is 3. The summed E-state index contributed by atoms with van der Waals surface area (Å²) in [6.45, 7) is 12.1. The van der Waals surface area contributed by atoms with Gasteiger partial charge in [-0.05, 0) is 49.9 Å². The Morgan fingerprint density at radius 1 is 1.12 bits per heavy atom. The molecule has 2 N–H and O–H groups in total. The third-order valence-corrected chi connectivity index (χ3v) is 6.49. The second-order valence-corrected chi connectivity index (χ2v) is 8.99. The van der Waals surface area contributed by atoms with E-state index in [-0.39, 0.29) is 23.6 Å². The highest BCUT2D eigenvalue weighted by Crippen LogP contribution is 2.24. The number of anilines is 1. The highest BCUT2D eigenvalue weighted by Gasteiger charge is 2.21. The van der Waals surface area contributed by atoms with Crippen molar-refractivity contribution in [1.29, 1.82) is 0 Å². The maximum absolute atomic E-state index is 12.7. The van der Waals surface area contributed by atoms with E-state index in [0.717, 1.165) is 28.8 Å². The van der Waals surface area contributed by atoms with Gasteiger partial charge in [-0.25, -0.2) is 0 Å². The lowest BCUT2D eigenvalue weighted by Gasteiger charge is -2.16. The number of benzene rings is 2. The zero-order valence-corrected chi connectivity index (χ0v) is 20.9. The molecule has 34 heavy (non-hydrogen) atoms. The highest BCUT2D eigenvalue weighted by atomic mass is 32.2. The van der Waals surface area contributed by atoms with E-state index in [1.165, 1.54) is 11.8 Å². The Kier molecular flexibility index (Phi) is 8.65. The Hall–Kier alpha value is -3.39. The topological polar surface area (TPSA) is 88.9 Å². The fourth-order valence-electron chi connectivity index (χ4n) is 3.70. The predicted molar refractivity (Wildman–Crippen MR) is 137 cm³/mol. The molecule has 0 aliphatic carbocycles. The van der Waals surface area contributed by atoms with Crippen LogP contribution in [0.15, 0.2) is 60.3 Å². The van der Waals surface area contributed by atoms with Crippen LogP contribution in [0.1, 0.15) is 52.8 Å². The standard InChI is InChI=1S/C26H31N5O2S/c1-6-15-31-24(19(5)27-25(33)21-14-9-8-11-17(21)3)29-30-26(31)34-16-22(32)28-23-18(4)12-10-13-20(23)7-2/h6,8-14,19H,1,7,15-16H2,2-5H3,(H,27,33)(H,28,32). The molecule has 2 amide bonds. The molecule has 178 valence electrons. The molecule has 1 heterocycles. The van der Waals surface area contributed by atoms with Gasteiger partial charge in [0, 0.05) is 17.8 Å². The average Bonchev–Trinajstić information content (AvgIpc) is 3.22. The second-order valence-electron chi connectivity index (χ2n) is 8.05. The highest BCUT2D eigenvalue weighted by molar-refractivity contribution is 7.99. The SMILES string of the molecule is C=CCn1c(SCC(=O)Nc2c(C)cccc2CC)nnc1C(C)NC(=O)c1ccccc1C. The van der Waals surface area contributed by atoms with Crippen LogP contribution in [0.3, 0.4) is 0 Å². The van der Waals surface area contributed by atoms with Crippen LogP contribution in [0.4, 0.5) is 5.69 Å². The molecule has 0 spiro atoms. The van der Waals surface area contributed by atoms with E-state index in [1.807, 2.05) is 61.7 Å². The van der Waals surface area contributed by atoms with Gasteiger partial charge in [-0.15, -0.1) is 16.8 Å². The zero-order chi connectivity index (χ0) is 24.7. The predicted octanol–water partition coefficient (Wildman–Crippen LogP) is 4.87. The second kappa shape index (κ2) is 11.7. The quantitative estimate of drug-likeness (QED) is 0.321. The van der Waals surface area contributed by atoms with Gasteiger partial charge in [-0.3, -0.25) is 9.59 Å². The number of carbonyl (C=O) groups excluding carboxylic acids is 2. The number of hydrogen-bond donors (Lipinski definition) is 2. The van der Waals surface area contributed by atoms with Gasteiger partial charge >= 0.3 is 0 Å². The third-order valence-electron chi connectivity index (χ3n) is 5.52. The lowest BCUT2D eigenvalue weighted by molar-refractivity contribution is -0.113. The van der Waals surface area contributed by atoms with E-state index in [1.54, 1.807) is 12.1 Å². The largest absolute Gasteiger partial charge is 0.342 e. The molecule has 1 unspecified atom stereocenters. The number of thioether (sulfide) groups is 1. The fraction of sp³-hybridized carbons (Fsp3) is 0.308. The van der Waals surface area contributed by atoms with Gasteiger partial charge < -0.3 is 15.2 Å². The Labute approximate surface area is 205 Å². The molecule has 0 radical (unpaired) electrons. The van der Waals surface area contributed by atoms with Crippen LogP contribution >= 0.6 is 11.8 Å². The monoisotopic (exact) mass is 477 g/mol. The van der Waals surface area contributed by atoms with Crippen LogP contribution in [-0.4, -0.2) is 32.3 Å². The van der Waals surface area contributed by atoms with Crippen LogP contribution < -0.4 is 10.6 Å². The molecule has 0 saturated heterocycles. The first kappa shape index (κ1) is 25.2. The molecule has 0 aliphatic rings. The third kappa shape index (κ3) is 5.94. The average molecular weight is 478 g/mol. The molecular formula is C26H31N5O2S. The smallest absolute Gasteiger partial charge is 0.252 e. The van der Waals surface area contributed by atoms with E-state index < -0.39 is 0 Å². The van der Waals surface area contributed by atoms with Gasteiger partial charge in [0.2, 0.25) is 5.91 Å². The van der Waals surface area contributed by atoms with E-state index >= 15 is 0 Å².